The van der Waals surface area contributed by atoms with E-state index in [-0.39, 0.29) is 5.97 Å². The highest BCUT2D eigenvalue weighted by Gasteiger charge is 2.09. The zero-order valence-corrected chi connectivity index (χ0v) is 16.6. The number of carbonyl (C=O) groups is 1. The average molecular weight is 368 g/mol. The average Bonchev–Trinajstić information content (AvgIpc) is 3.16. The van der Waals surface area contributed by atoms with Crippen LogP contribution in [0.25, 0.3) is 11.0 Å². The number of hydrogen-bond donors (Lipinski definition) is 0. The van der Waals surface area contributed by atoms with Gasteiger partial charge in [-0.05, 0) is 61.2 Å². The van der Waals surface area contributed by atoms with Gasteiger partial charge in [-0.2, -0.15) is 0 Å². The van der Waals surface area contributed by atoms with Crippen LogP contribution < -0.4 is 4.74 Å². The third-order valence-electron chi connectivity index (χ3n) is 4.07. The second kappa shape index (κ2) is 10.4. The molecule has 0 amide bonds. The van der Waals surface area contributed by atoms with Gasteiger partial charge in [0.2, 0.25) is 0 Å². The van der Waals surface area contributed by atoms with E-state index in [0.29, 0.717) is 26.1 Å². The molecule has 1 aromatic heterocycles. The van der Waals surface area contributed by atoms with E-state index in [1.165, 1.54) is 0 Å². The molecule has 0 radical (unpaired) electrons. The van der Waals surface area contributed by atoms with Crippen molar-refractivity contribution in [3.63, 3.8) is 0 Å². The van der Waals surface area contributed by atoms with Crippen molar-refractivity contribution in [3.05, 3.63) is 65.4 Å². The number of ether oxygens (including phenoxy) is 2. The maximum Gasteiger partial charge on any atom is 0.306 e. The predicted molar refractivity (Wildman–Crippen MR) is 108 cm³/mol. The van der Waals surface area contributed by atoms with E-state index in [1.807, 2.05) is 58.0 Å². The van der Waals surface area contributed by atoms with Crippen LogP contribution in [0.15, 0.2) is 53.1 Å². The summed E-state index contributed by atoms with van der Waals surface area (Å²) in [6.45, 7) is 8.72. The highest BCUT2D eigenvalue weighted by Crippen LogP contribution is 2.24. The van der Waals surface area contributed by atoms with Crippen molar-refractivity contribution in [2.45, 2.75) is 47.1 Å². The zero-order chi connectivity index (χ0) is 19.6. The van der Waals surface area contributed by atoms with E-state index in [1.54, 1.807) is 6.26 Å². The minimum absolute atomic E-state index is 0.182. The van der Waals surface area contributed by atoms with Gasteiger partial charge in [0.25, 0.3) is 0 Å². The molecule has 144 valence electrons. The number of fused-ring (bicyclic) bond motifs is 1. The highest BCUT2D eigenvalue weighted by molar-refractivity contribution is 5.81. The molecule has 3 aromatic rings. The van der Waals surface area contributed by atoms with E-state index in [4.69, 9.17) is 13.9 Å². The summed E-state index contributed by atoms with van der Waals surface area (Å²) in [5.74, 6) is 0.620. The van der Waals surface area contributed by atoms with Crippen LogP contribution in [0.3, 0.4) is 0 Å². The molecule has 0 aliphatic rings. The summed E-state index contributed by atoms with van der Waals surface area (Å²) >= 11 is 0. The van der Waals surface area contributed by atoms with Crippen LogP contribution in [0.2, 0.25) is 0 Å². The van der Waals surface area contributed by atoms with E-state index in [9.17, 15) is 4.79 Å². The normalized spacial score (nSPS) is 10.2. The molecule has 27 heavy (non-hydrogen) atoms. The predicted octanol–water partition coefficient (Wildman–Crippen LogP) is 5.84. The van der Waals surface area contributed by atoms with Gasteiger partial charge in [-0.25, -0.2) is 0 Å². The Morgan fingerprint density at radius 3 is 2.67 bits per heavy atom. The van der Waals surface area contributed by atoms with Crippen LogP contribution in [0.1, 0.15) is 43.9 Å². The van der Waals surface area contributed by atoms with Gasteiger partial charge in [0.15, 0.2) is 0 Å². The maximum absolute atomic E-state index is 11.6. The monoisotopic (exact) mass is 368 g/mol. The summed E-state index contributed by atoms with van der Waals surface area (Å²) in [5.41, 5.74) is 4.11. The van der Waals surface area contributed by atoms with Crippen molar-refractivity contribution >= 4 is 16.9 Å². The molecule has 0 bridgehead atoms. The lowest BCUT2D eigenvalue weighted by atomic mass is 10.1. The number of carbonyl (C=O) groups excluding carboxylic acids is 1. The largest absolute Gasteiger partial charge is 0.489 e. The first-order chi connectivity index (χ1) is 13.2. The lowest BCUT2D eigenvalue weighted by molar-refractivity contribution is -0.143. The first kappa shape index (κ1) is 20.6. The SMILES string of the molecule is CC.CCOC(=O)CCc1ccccc1OCc1cc(C)c2occc2c1. The topological polar surface area (TPSA) is 48.7 Å². The lowest BCUT2D eigenvalue weighted by Gasteiger charge is -2.12. The Hall–Kier alpha value is -2.75. The second-order valence-corrected chi connectivity index (χ2v) is 5.95. The summed E-state index contributed by atoms with van der Waals surface area (Å²) < 4.78 is 16.5. The molecule has 0 aliphatic heterocycles. The fraction of sp³-hybridized carbons (Fsp3) is 0.348. The fourth-order valence-corrected chi connectivity index (χ4v) is 2.90. The number of furan rings is 1. The third-order valence-corrected chi connectivity index (χ3v) is 4.07. The van der Waals surface area contributed by atoms with E-state index >= 15 is 0 Å². The second-order valence-electron chi connectivity index (χ2n) is 5.95. The summed E-state index contributed by atoms with van der Waals surface area (Å²) in [5, 5.41) is 1.08. The molecule has 0 N–H and O–H groups in total. The molecule has 2 aromatic carbocycles. The van der Waals surface area contributed by atoms with Gasteiger partial charge in [-0.3, -0.25) is 4.79 Å². The summed E-state index contributed by atoms with van der Waals surface area (Å²) in [6.07, 6.45) is 2.66. The van der Waals surface area contributed by atoms with Crippen LogP contribution in [0.5, 0.6) is 5.75 Å². The van der Waals surface area contributed by atoms with Crippen LogP contribution in [0.4, 0.5) is 0 Å². The van der Waals surface area contributed by atoms with Gasteiger partial charge in [0.05, 0.1) is 12.9 Å². The highest BCUT2D eigenvalue weighted by atomic mass is 16.5. The van der Waals surface area contributed by atoms with Gasteiger partial charge in [-0.15, -0.1) is 0 Å². The van der Waals surface area contributed by atoms with E-state index < -0.39 is 0 Å². The standard InChI is InChI=1S/C21H22O4.C2H6/c1-3-23-20(22)9-8-17-6-4-5-7-19(17)25-14-16-12-15(2)21-18(13-16)10-11-24-21;1-2/h4-7,10-13H,3,8-9,14H2,1-2H3;1-2H3. The van der Waals surface area contributed by atoms with Crippen molar-refractivity contribution in [2.24, 2.45) is 0 Å². The molecule has 0 atom stereocenters. The summed E-state index contributed by atoms with van der Waals surface area (Å²) in [7, 11) is 0. The van der Waals surface area contributed by atoms with Gasteiger partial charge >= 0.3 is 5.97 Å². The van der Waals surface area contributed by atoms with Crippen molar-refractivity contribution in [3.8, 4) is 5.75 Å². The number of rotatable bonds is 7. The first-order valence-corrected chi connectivity index (χ1v) is 9.50. The molecular formula is C23H28O4. The van der Waals surface area contributed by atoms with Gasteiger partial charge < -0.3 is 13.9 Å². The molecule has 0 unspecified atom stereocenters. The lowest BCUT2D eigenvalue weighted by Crippen LogP contribution is -2.06. The zero-order valence-electron chi connectivity index (χ0n) is 16.6. The van der Waals surface area contributed by atoms with Crippen molar-refractivity contribution in [2.75, 3.05) is 6.61 Å². The minimum Gasteiger partial charge on any atom is -0.489 e. The Morgan fingerprint density at radius 2 is 1.89 bits per heavy atom. The molecule has 0 saturated carbocycles. The molecule has 1 heterocycles. The van der Waals surface area contributed by atoms with Crippen LogP contribution in [-0.2, 0) is 22.6 Å². The first-order valence-electron chi connectivity index (χ1n) is 9.50. The molecule has 0 aliphatic carbocycles. The molecule has 4 heteroatoms. The Labute approximate surface area is 161 Å². The molecule has 0 spiro atoms. The minimum atomic E-state index is -0.182. The van der Waals surface area contributed by atoms with Gasteiger partial charge in [-0.1, -0.05) is 32.0 Å². The van der Waals surface area contributed by atoms with Crippen molar-refractivity contribution in [1.29, 1.82) is 0 Å². The van der Waals surface area contributed by atoms with Crippen LogP contribution in [-0.4, -0.2) is 12.6 Å². The van der Waals surface area contributed by atoms with E-state index in [2.05, 4.69) is 12.1 Å². The third kappa shape index (κ3) is 5.61. The summed E-state index contributed by atoms with van der Waals surface area (Å²) in [6, 6.07) is 13.9. The molecule has 0 saturated heterocycles. The smallest absolute Gasteiger partial charge is 0.306 e. The Bertz CT molecular complexity index is 864. The van der Waals surface area contributed by atoms with E-state index in [0.717, 1.165) is 33.4 Å². The van der Waals surface area contributed by atoms with Gasteiger partial charge in [0.1, 0.15) is 17.9 Å². The molecule has 3 rings (SSSR count). The maximum atomic E-state index is 11.6. The fourth-order valence-electron chi connectivity index (χ4n) is 2.90. The van der Waals surface area contributed by atoms with Crippen molar-refractivity contribution < 1.29 is 18.7 Å². The number of benzene rings is 2. The number of hydrogen-bond acceptors (Lipinski definition) is 4. The Kier molecular flexibility index (Phi) is 7.93. The van der Waals surface area contributed by atoms with Gasteiger partial charge in [0, 0.05) is 11.8 Å². The molecule has 4 nitrogen and oxygen atoms in total. The number of para-hydroxylation sites is 1. The number of esters is 1. The van der Waals surface area contributed by atoms with Crippen LogP contribution in [0, 0.1) is 6.92 Å². The van der Waals surface area contributed by atoms with Crippen molar-refractivity contribution in [1.82, 2.24) is 0 Å². The summed E-state index contributed by atoms with van der Waals surface area (Å²) in [4.78, 5) is 11.6. The molecule has 0 fully saturated rings. The van der Waals surface area contributed by atoms with Crippen LogP contribution >= 0.6 is 0 Å². The Balaban J connectivity index is 0.00000126. The number of aryl methyl sites for hydroxylation is 2. The quantitative estimate of drug-likeness (QED) is 0.491. The molecular weight excluding hydrogens is 340 g/mol. The Morgan fingerprint density at radius 1 is 1.11 bits per heavy atom.